The molecule has 17 nitrogen and oxygen atoms in total. The lowest BCUT2D eigenvalue weighted by atomic mass is 10.0. The number of aromatic nitrogens is 10. The second kappa shape index (κ2) is 23.6. The molecule has 3 N–H and O–H groups in total. The fourth-order valence-electron chi connectivity index (χ4n) is 8.68. The van der Waals surface area contributed by atoms with Crippen LogP contribution in [0.15, 0.2) is 72.8 Å². The van der Waals surface area contributed by atoms with E-state index in [1.54, 1.807) is 6.07 Å². The zero-order chi connectivity index (χ0) is 49.6. The van der Waals surface area contributed by atoms with Crippen molar-refractivity contribution in [2.75, 3.05) is 81.1 Å². The molecule has 6 heterocycles. The lowest BCUT2D eigenvalue weighted by Gasteiger charge is -2.35. The Morgan fingerprint density at radius 3 is 1.56 bits per heavy atom. The van der Waals surface area contributed by atoms with Gasteiger partial charge in [0.15, 0.2) is 0 Å². The first-order valence-electron chi connectivity index (χ1n) is 23.2. The van der Waals surface area contributed by atoms with Crippen molar-refractivity contribution in [2.24, 2.45) is 0 Å². The first kappa shape index (κ1) is 52.2. The molecule has 0 bridgehead atoms. The highest BCUT2D eigenvalue weighted by Gasteiger charge is 2.20. The summed E-state index contributed by atoms with van der Waals surface area (Å²) in [6.45, 7) is 15.7. The normalized spacial score (nSPS) is 14.0. The van der Waals surface area contributed by atoms with Crippen LogP contribution < -0.4 is 20.3 Å². The smallest absolute Gasteiger partial charge is 0.248 e. The topological polar surface area (TPSA) is 192 Å². The Balaban J connectivity index is 0.000000190. The number of hydrogen-bond acceptors (Lipinski definition) is 17. The van der Waals surface area contributed by atoms with E-state index in [9.17, 15) is 5.11 Å². The number of benzene rings is 4. The molecule has 8 aromatic rings. The predicted octanol–water partition coefficient (Wildman–Crippen LogP) is 10.5. The van der Waals surface area contributed by atoms with Gasteiger partial charge in [0, 0.05) is 82.6 Å². The monoisotopic (exact) mass is 1050 g/mol. The largest absolute Gasteiger partial charge is 0.476 e. The summed E-state index contributed by atoms with van der Waals surface area (Å²) in [5.74, 6) is 4.46. The number of ether oxygens (including phenoxy) is 1. The summed E-state index contributed by atoms with van der Waals surface area (Å²) < 4.78 is 5.88. The standard InChI is InChI=1S/C25H26Cl2N8O.C25H25Cl2N7O.CH4/c1-15-12-17(23-18(26)4-3-5-19(23)27)13-20-24(15)31-25(33-32-20)30-21-14-22(29-16(2)28-21)35-8-6-34(7-9-35)10-11-36;1-15-12-17(23-18(26)6-5-7-19(23)27)13-20-24(15)31-25(33-32-20)30-21-14-22(29-16(2)28-21)35-11-10-34-8-3-4-9-34;/h3-5,12-14,36H,6-11H2,1-2H3,(H,28,29,30,31,33);5-7,12-14H,3-4,8-11H2,1-2H3,(H,28,29,30,31,33);1H4. The number of anilines is 5. The van der Waals surface area contributed by atoms with Gasteiger partial charge in [-0.3, -0.25) is 9.80 Å². The number of nitrogens with zero attached hydrogens (tertiary/aromatic N) is 13. The third kappa shape index (κ3) is 12.5. The molecule has 0 unspecified atom stereocenters. The van der Waals surface area contributed by atoms with Crippen molar-refractivity contribution in [3.8, 4) is 28.1 Å². The number of β-amino-alcohol motifs (C(OH)–C–C–N with tert-alkyl or cyclic N) is 1. The molecule has 0 radical (unpaired) electrons. The Kier molecular flexibility index (Phi) is 17.1. The molecule has 0 spiro atoms. The fraction of sp³-hybridized carbons (Fsp3) is 0.333. The van der Waals surface area contributed by atoms with E-state index < -0.39 is 0 Å². The maximum atomic E-state index is 9.17. The van der Waals surface area contributed by atoms with Crippen molar-refractivity contribution >= 4 is 97.8 Å². The Morgan fingerprint density at radius 2 is 1.04 bits per heavy atom. The number of nitrogens with one attached hydrogen (secondary N) is 2. The van der Waals surface area contributed by atoms with Gasteiger partial charge in [-0.15, -0.1) is 20.4 Å². The molecular formula is C51H55Cl4N15O2. The minimum Gasteiger partial charge on any atom is -0.476 e. The van der Waals surface area contributed by atoms with E-state index in [2.05, 4.69) is 70.6 Å². The molecule has 2 aliphatic rings. The van der Waals surface area contributed by atoms with Crippen molar-refractivity contribution in [3.63, 3.8) is 0 Å². The van der Waals surface area contributed by atoms with Crippen molar-refractivity contribution in [1.82, 2.24) is 60.1 Å². The average molecular weight is 1050 g/mol. The first-order chi connectivity index (χ1) is 34.4. The van der Waals surface area contributed by atoms with Crippen molar-refractivity contribution < 1.29 is 9.84 Å². The number of rotatable bonds is 13. The van der Waals surface area contributed by atoms with Crippen molar-refractivity contribution in [3.05, 3.63) is 116 Å². The molecule has 0 aliphatic carbocycles. The number of fused-ring (bicyclic) bond motifs is 2. The number of hydrogen-bond donors (Lipinski definition) is 3. The van der Waals surface area contributed by atoms with Gasteiger partial charge in [-0.1, -0.05) is 66.0 Å². The lowest BCUT2D eigenvalue weighted by molar-refractivity contribution is 0.188. The van der Waals surface area contributed by atoms with Gasteiger partial charge in [-0.05, 0) is 124 Å². The zero-order valence-electron chi connectivity index (χ0n) is 39.6. The van der Waals surface area contributed by atoms with Crippen LogP contribution in [0.2, 0.25) is 20.1 Å². The van der Waals surface area contributed by atoms with Crippen LogP contribution in [0.1, 0.15) is 43.0 Å². The molecule has 21 heteroatoms. The lowest BCUT2D eigenvalue weighted by Crippen LogP contribution is -2.47. The van der Waals surface area contributed by atoms with Crippen LogP contribution in [0.25, 0.3) is 44.3 Å². The van der Waals surface area contributed by atoms with E-state index in [0.717, 1.165) is 96.0 Å². The van der Waals surface area contributed by atoms with E-state index in [4.69, 9.17) is 56.1 Å². The highest BCUT2D eigenvalue weighted by atomic mass is 35.5. The predicted molar refractivity (Wildman–Crippen MR) is 289 cm³/mol. The van der Waals surface area contributed by atoms with Crippen molar-refractivity contribution in [1.29, 1.82) is 0 Å². The Morgan fingerprint density at radius 1 is 0.556 bits per heavy atom. The van der Waals surface area contributed by atoms with Crippen LogP contribution in [-0.4, -0.2) is 131 Å². The molecule has 72 heavy (non-hydrogen) atoms. The molecule has 374 valence electrons. The molecular weight excluding hydrogens is 996 g/mol. The van der Waals surface area contributed by atoms with Crippen LogP contribution in [0.3, 0.4) is 0 Å². The number of aliphatic hydroxyl groups is 1. The van der Waals surface area contributed by atoms with E-state index >= 15 is 0 Å². The van der Waals surface area contributed by atoms with E-state index in [-0.39, 0.29) is 14.0 Å². The quantitative estimate of drug-likeness (QED) is 0.0987. The molecule has 2 aliphatic heterocycles. The summed E-state index contributed by atoms with van der Waals surface area (Å²) in [6.07, 6.45) is 2.52. The van der Waals surface area contributed by atoms with Gasteiger partial charge in [0.1, 0.15) is 46.7 Å². The molecule has 10 rings (SSSR count). The summed E-state index contributed by atoms with van der Waals surface area (Å²) in [6, 6.07) is 22.3. The second-order valence-electron chi connectivity index (χ2n) is 17.3. The highest BCUT2D eigenvalue weighted by Crippen LogP contribution is 2.38. The Bertz CT molecular complexity index is 3170. The number of likely N-dealkylation sites (tertiary alicyclic amines) is 1. The third-order valence-corrected chi connectivity index (χ3v) is 13.4. The van der Waals surface area contributed by atoms with Crippen LogP contribution in [0.4, 0.5) is 29.4 Å². The summed E-state index contributed by atoms with van der Waals surface area (Å²) in [5.41, 5.74) is 7.85. The van der Waals surface area contributed by atoms with E-state index in [1.807, 2.05) is 94.4 Å². The number of halogens is 4. The van der Waals surface area contributed by atoms with Crippen molar-refractivity contribution in [2.45, 2.75) is 48.0 Å². The van der Waals surface area contributed by atoms with Gasteiger partial charge in [-0.25, -0.2) is 24.9 Å². The van der Waals surface area contributed by atoms with Gasteiger partial charge < -0.3 is 25.4 Å². The average Bonchev–Trinajstić information content (AvgIpc) is 3.86. The Labute approximate surface area is 438 Å². The third-order valence-electron chi connectivity index (χ3n) is 12.1. The maximum absolute atomic E-state index is 9.17. The first-order valence-corrected chi connectivity index (χ1v) is 24.8. The minimum atomic E-state index is 0. The summed E-state index contributed by atoms with van der Waals surface area (Å²) in [7, 11) is 0. The van der Waals surface area contributed by atoms with E-state index in [1.165, 1.54) is 12.8 Å². The van der Waals surface area contributed by atoms with Gasteiger partial charge in [0.2, 0.25) is 17.8 Å². The van der Waals surface area contributed by atoms with Crippen LogP contribution in [0.5, 0.6) is 5.88 Å². The molecule has 2 fully saturated rings. The van der Waals surface area contributed by atoms with Crippen LogP contribution in [0, 0.1) is 27.7 Å². The van der Waals surface area contributed by atoms with E-state index in [0.29, 0.717) is 85.3 Å². The molecule has 4 aromatic heterocycles. The molecule has 0 atom stereocenters. The zero-order valence-corrected chi connectivity index (χ0v) is 42.6. The van der Waals surface area contributed by atoms with Crippen LogP contribution in [-0.2, 0) is 0 Å². The molecule has 4 aromatic carbocycles. The maximum Gasteiger partial charge on any atom is 0.248 e. The van der Waals surface area contributed by atoms with Crippen LogP contribution >= 0.6 is 46.4 Å². The fourth-order valence-corrected chi connectivity index (χ4v) is 9.91. The number of aliphatic hydroxyl groups excluding tert-OH is 1. The molecule has 0 amide bonds. The molecule has 2 saturated heterocycles. The second-order valence-corrected chi connectivity index (χ2v) is 18.9. The highest BCUT2D eigenvalue weighted by molar-refractivity contribution is 6.40. The van der Waals surface area contributed by atoms with Gasteiger partial charge >= 0.3 is 0 Å². The summed E-state index contributed by atoms with van der Waals surface area (Å²) in [5, 5.41) is 35.1. The minimum absolute atomic E-state index is 0. The SMILES string of the molecule is C.Cc1nc(Nc2nnc3cc(-c4c(Cl)cccc4Cl)cc(C)c3n2)cc(N2CCN(CCO)CC2)n1.Cc1nc(Nc2nnc3cc(-c4c(Cl)cccc4Cl)cc(C)c3n2)cc(OCCN2CCCC2)n1. The van der Waals surface area contributed by atoms with Gasteiger partial charge in [-0.2, -0.15) is 4.98 Å². The summed E-state index contributed by atoms with van der Waals surface area (Å²) in [4.78, 5) is 34.2. The van der Waals surface area contributed by atoms with Gasteiger partial charge in [0.05, 0.1) is 17.6 Å². The number of aryl methyl sites for hydroxylation is 4. The van der Waals surface area contributed by atoms with Gasteiger partial charge in [0.25, 0.3) is 0 Å². The summed E-state index contributed by atoms with van der Waals surface area (Å²) >= 11 is 25.6. The Hall–Kier alpha value is -6.18. The number of piperazine rings is 1. The molecule has 0 saturated carbocycles.